The second kappa shape index (κ2) is 4.29. The normalized spacial score (nSPS) is 26.3. The molecule has 2 atom stereocenters. The maximum absolute atomic E-state index is 12.0. The van der Waals surface area contributed by atoms with Gasteiger partial charge < -0.3 is 4.74 Å². The minimum atomic E-state index is -4.38. The number of rotatable bonds is 5. The van der Waals surface area contributed by atoms with Gasteiger partial charge in [-0.1, -0.05) is 19.8 Å². The van der Waals surface area contributed by atoms with Crippen molar-refractivity contribution in [2.24, 2.45) is 0 Å². The van der Waals surface area contributed by atoms with Crippen molar-refractivity contribution in [2.75, 3.05) is 0 Å². The number of unbranched alkanes of at least 4 members (excludes halogenated alkanes) is 2. The lowest BCUT2D eigenvalue weighted by Crippen LogP contribution is -2.22. The molecule has 1 rings (SSSR count). The summed E-state index contributed by atoms with van der Waals surface area (Å²) in [6.45, 7) is 1.97. The van der Waals surface area contributed by atoms with Gasteiger partial charge in [0.2, 0.25) is 0 Å². The van der Waals surface area contributed by atoms with Crippen molar-refractivity contribution in [1.82, 2.24) is 0 Å². The molecule has 1 saturated heterocycles. The van der Waals surface area contributed by atoms with E-state index in [0.717, 1.165) is 12.8 Å². The fourth-order valence-electron chi connectivity index (χ4n) is 1.30. The lowest BCUT2D eigenvalue weighted by molar-refractivity contribution is -0.147. The SMILES string of the molecule is CCCCCC(=O)C1OC1C(F)(F)F. The van der Waals surface area contributed by atoms with E-state index in [1.54, 1.807) is 0 Å². The van der Waals surface area contributed by atoms with Crippen LogP contribution in [0.5, 0.6) is 0 Å². The molecule has 14 heavy (non-hydrogen) atoms. The highest BCUT2D eigenvalue weighted by atomic mass is 19.4. The number of ketones is 1. The minimum absolute atomic E-state index is 0.199. The Morgan fingerprint density at radius 2 is 2.00 bits per heavy atom. The third kappa shape index (κ3) is 2.97. The lowest BCUT2D eigenvalue weighted by Gasteiger charge is -2.00. The highest BCUT2D eigenvalue weighted by Crippen LogP contribution is 2.38. The fourth-order valence-corrected chi connectivity index (χ4v) is 1.30. The summed E-state index contributed by atoms with van der Waals surface area (Å²) in [5.41, 5.74) is 0. The first-order valence-electron chi connectivity index (χ1n) is 4.71. The van der Waals surface area contributed by atoms with Gasteiger partial charge in [-0.25, -0.2) is 0 Å². The third-order valence-electron chi connectivity index (χ3n) is 2.16. The first-order chi connectivity index (χ1) is 6.46. The summed E-state index contributed by atoms with van der Waals surface area (Å²) in [6.07, 6.45) is -4.77. The maximum Gasteiger partial charge on any atom is 0.417 e. The van der Waals surface area contributed by atoms with E-state index in [-0.39, 0.29) is 6.42 Å². The van der Waals surface area contributed by atoms with Crippen molar-refractivity contribution < 1.29 is 22.7 Å². The molecule has 0 radical (unpaired) electrons. The van der Waals surface area contributed by atoms with Gasteiger partial charge in [0.25, 0.3) is 0 Å². The Hall–Kier alpha value is -0.580. The molecule has 2 nitrogen and oxygen atoms in total. The first-order valence-corrected chi connectivity index (χ1v) is 4.71. The van der Waals surface area contributed by atoms with Crippen LogP contribution in [0.1, 0.15) is 32.6 Å². The number of hydrogen-bond acceptors (Lipinski definition) is 2. The van der Waals surface area contributed by atoms with E-state index in [4.69, 9.17) is 0 Å². The molecule has 1 fully saturated rings. The largest absolute Gasteiger partial charge is 0.417 e. The molecule has 0 bridgehead atoms. The topological polar surface area (TPSA) is 29.6 Å². The summed E-state index contributed by atoms with van der Waals surface area (Å²) in [5, 5.41) is 0. The van der Waals surface area contributed by atoms with Gasteiger partial charge in [-0.2, -0.15) is 13.2 Å². The zero-order valence-corrected chi connectivity index (χ0v) is 7.93. The minimum Gasteiger partial charge on any atom is -0.351 e. The third-order valence-corrected chi connectivity index (χ3v) is 2.16. The van der Waals surface area contributed by atoms with Crippen LogP contribution in [0.3, 0.4) is 0 Å². The Bertz CT molecular complexity index is 213. The molecule has 1 heterocycles. The molecule has 1 aliphatic heterocycles. The molecule has 0 aromatic carbocycles. The summed E-state index contributed by atoms with van der Waals surface area (Å²) in [5.74, 6) is -0.416. The molecule has 0 amide bonds. The van der Waals surface area contributed by atoms with Crippen molar-refractivity contribution in [2.45, 2.75) is 51.0 Å². The van der Waals surface area contributed by atoms with Gasteiger partial charge in [0.1, 0.15) is 0 Å². The van der Waals surface area contributed by atoms with E-state index in [1.807, 2.05) is 6.92 Å². The predicted molar refractivity (Wildman–Crippen MR) is 43.9 cm³/mol. The van der Waals surface area contributed by atoms with Crippen LogP contribution in [-0.4, -0.2) is 24.2 Å². The summed E-state index contributed by atoms with van der Waals surface area (Å²) < 4.78 is 40.2. The average molecular weight is 210 g/mol. The summed E-state index contributed by atoms with van der Waals surface area (Å²) in [7, 11) is 0. The van der Waals surface area contributed by atoms with Gasteiger partial charge in [-0.05, 0) is 6.42 Å². The number of epoxide rings is 1. The number of ether oxygens (including phenoxy) is 1. The second-order valence-corrected chi connectivity index (χ2v) is 3.44. The van der Waals surface area contributed by atoms with E-state index >= 15 is 0 Å². The molecule has 1 aliphatic rings. The zero-order valence-electron chi connectivity index (χ0n) is 7.93. The van der Waals surface area contributed by atoms with E-state index in [1.165, 1.54) is 0 Å². The highest BCUT2D eigenvalue weighted by Gasteiger charge is 2.60. The van der Waals surface area contributed by atoms with Crippen molar-refractivity contribution in [3.05, 3.63) is 0 Å². The van der Waals surface area contributed by atoms with Crippen molar-refractivity contribution in [1.29, 1.82) is 0 Å². The molecule has 0 N–H and O–H groups in total. The summed E-state index contributed by atoms with van der Waals surface area (Å²) in [4.78, 5) is 11.1. The highest BCUT2D eigenvalue weighted by molar-refractivity contribution is 5.85. The second-order valence-electron chi connectivity index (χ2n) is 3.44. The molecule has 0 spiro atoms. The van der Waals surface area contributed by atoms with Crippen molar-refractivity contribution in [3.8, 4) is 0 Å². The van der Waals surface area contributed by atoms with Crippen LogP contribution >= 0.6 is 0 Å². The van der Waals surface area contributed by atoms with Gasteiger partial charge >= 0.3 is 6.18 Å². The Kier molecular flexibility index (Phi) is 3.53. The number of alkyl halides is 3. The van der Waals surface area contributed by atoms with Crippen LogP contribution < -0.4 is 0 Å². The number of carbonyl (C=O) groups excluding carboxylic acids is 1. The standard InChI is InChI=1S/C9H13F3O2/c1-2-3-4-5-6(13)7-8(14-7)9(10,11)12/h7-8H,2-5H2,1H3. The van der Waals surface area contributed by atoms with Gasteiger partial charge in [-0.3, -0.25) is 4.79 Å². The van der Waals surface area contributed by atoms with Crippen LogP contribution in [0.15, 0.2) is 0 Å². The first kappa shape index (κ1) is 11.5. The molecule has 2 unspecified atom stereocenters. The lowest BCUT2D eigenvalue weighted by atomic mass is 10.1. The summed E-state index contributed by atoms with van der Waals surface area (Å²) >= 11 is 0. The van der Waals surface area contributed by atoms with Crippen LogP contribution in [0.2, 0.25) is 0 Å². The Labute approximate surface area is 80.4 Å². The molecule has 0 aromatic heterocycles. The van der Waals surface area contributed by atoms with Crippen LogP contribution in [0, 0.1) is 0 Å². The van der Waals surface area contributed by atoms with Crippen LogP contribution in [0.4, 0.5) is 13.2 Å². The summed E-state index contributed by atoms with van der Waals surface area (Å²) in [6, 6.07) is 0. The Morgan fingerprint density at radius 3 is 2.43 bits per heavy atom. The van der Waals surface area contributed by atoms with Crippen LogP contribution in [-0.2, 0) is 9.53 Å². The zero-order chi connectivity index (χ0) is 10.8. The van der Waals surface area contributed by atoms with Gasteiger partial charge in [0, 0.05) is 6.42 Å². The molecule has 0 aromatic rings. The smallest absolute Gasteiger partial charge is 0.351 e. The van der Waals surface area contributed by atoms with Crippen LogP contribution in [0.25, 0.3) is 0 Å². The number of carbonyl (C=O) groups is 1. The predicted octanol–water partition coefficient (Wildman–Crippen LogP) is 2.47. The van der Waals surface area contributed by atoms with E-state index < -0.39 is 24.2 Å². The van der Waals surface area contributed by atoms with Gasteiger partial charge in [-0.15, -0.1) is 0 Å². The van der Waals surface area contributed by atoms with Gasteiger partial charge in [0.05, 0.1) is 0 Å². The molecule has 82 valence electrons. The number of halogens is 3. The van der Waals surface area contributed by atoms with E-state index in [9.17, 15) is 18.0 Å². The fraction of sp³-hybridized carbons (Fsp3) is 0.889. The number of Topliss-reactive ketones (excluding diaryl/α,β-unsaturated/α-hetero) is 1. The maximum atomic E-state index is 12.0. The van der Waals surface area contributed by atoms with Gasteiger partial charge in [0.15, 0.2) is 18.0 Å². The average Bonchev–Trinajstić information content (AvgIpc) is 2.81. The number of hydrogen-bond donors (Lipinski definition) is 0. The van der Waals surface area contributed by atoms with E-state index in [2.05, 4.69) is 4.74 Å². The monoisotopic (exact) mass is 210 g/mol. The molecule has 5 heteroatoms. The van der Waals surface area contributed by atoms with Crippen molar-refractivity contribution >= 4 is 5.78 Å². The Balaban J connectivity index is 2.23. The molecular weight excluding hydrogens is 197 g/mol. The molecule has 0 saturated carbocycles. The molecular formula is C9H13F3O2. The van der Waals surface area contributed by atoms with E-state index in [0.29, 0.717) is 6.42 Å². The quantitative estimate of drug-likeness (QED) is 0.515. The van der Waals surface area contributed by atoms with Crippen molar-refractivity contribution in [3.63, 3.8) is 0 Å². The molecule has 0 aliphatic carbocycles. The Morgan fingerprint density at radius 1 is 1.36 bits per heavy atom.